The number of hydrogen-bond acceptors (Lipinski definition) is 4. The van der Waals surface area contributed by atoms with Crippen molar-refractivity contribution in [1.82, 2.24) is 10.0 Å². The maximum absolute atomic E-state index is 12.9. The van der Waals surface area contributed by atoms with Gasteiger partial charge in [-0.1, -0.05) is 30.3 Å². The Balaban J connectivity index is 1.88. The molecule has 6 nitrogen and oxygen atoms in total. The van der Waals surface area contributed by atoms with Crippen LogP contribution in [0, 0.1) is 5.92 Å². The van der Waals surface area contributed by atoms with E-state index >= 15 is 0 Å². The number of methoxy groups -OCH3 is 1. The predicted octanol–water partition coefficient (Wildman–Crippen LogP) is 3.26. The predicted molar refractivity (Wildman–Crippen MR) is 108 cm³/mol. The van der Waals surface area contributed by atoms with E-state index in [2.05, 4.69) is 10.0 Å². The highest BCUT2D eigenvalue weighted by atomic mass is 32.2. The van der Waals surface area contributed by atoms with Crippen molar-refractivity contribution >= 4 is 15.9 Å². The SMILES string of the molecule is COc1ccc(C(=O)NC(c2ccccc2)C2CC2)cc1S(=O)(=O)NC(C)C. The number of sulfonamides is 1. The van der Waals surface area contributed by atoms with Gasteiger partial charge in [-0.05, 0) is 56.4 Å². The molecule has 1 amide bonds. The van der Waals surface area contributed by atoms with Crippen LogP contribution in [0.1, 0.15) is 48.7 Å². The average molecular weight is 403 g/mol. The molecule has 2 aromatic rings. The first-order chi connectivity index (χ1) is 13.3. The number of benzene rings is 2. The van der Waals surface area contributed by atoms with Crippen molar-refractivity contribution in [3.8, 4) is 5.75 Å². The molecule has 1 saturated carbocycles. The van der Waals surface area contributed by atoms with Gasteiger partial charge in [-0.3, -0.25) is 4.79 Å². The van der Waals surface area contributed by atoms with Crippen LogP contribution in [0.15, 0.2) is 53.4 Å². The molecule has 0 saturated heterocycles. The Morgan fingerprint density at radius 3 is 2.36 bits per heavy atom. The fraction of sp³-hybridized carbons (Fsp3) is 0.381. The lowest BCUT2D eigenvalue weighted by Crippen LogP contribution is -2.32. The van der Waals surface area contributed by atoms with E-state index in [0.717, 1.165) is 18.4 Å². The minimum Gasteiger partial charge on any atom is -0.495 e. The third kappa shape index (κ3) is 4.72. The van der Waals surface area contributed by atoms with Crippen molar-refractivity contribution in [2.45, 2.75) is 43.7 Å². The zero-order chi connectivity index (χ0) is 20.3. The highest BCUT2D eigenvalue weighted by molar-refractivity contribution is 7.89. The summed E-state index contributed by atoms with van der Waals surface area (Å²) in [5.41, 5.74) is 1.34. The minimum absolute atomic E-state index is 0.0426. The third-order valence-corrected chi connectivity index (χ3v) is 6.32. The van der Waals surface area contributed by atoms with E-state index in [4.69, 9.17) is 4.74 Å². The molecule has 0 aromatic heterocycles. The first-order valence-electron chi connectivity index (χ1n) is 9.38. The van der Waals surface area contributed by atoms with Crippen molar-refractivity contribution in [2.24, 2.45) is 5.92 Å². The quantitative estimate of drug-likeness (QED) is 0.710. The topological polar surface area (TPSA) is 84.5 Å². The van der Waals surface area contributed by atoms with Crippen LogP contribution in [0.4, 0.5) is 0 Å². The molecule has 0 bridgehead atoms. The van der Waals surface area contributed by atoms with E-state index in [1.54, 1.807) is 19.9 Å². The van der Waals surface area contributed by atoms with Gasteiger partial charge in [-0.15, -0.1) is 0 Å². The molecule has 0 aliphatic heterocycles. The van der Waals surface area contributed by atoms with Crippen LogP contribution < -0.4 is 14.8 Å². The number of ether oxygens (including phenoxy) is 1. The van der Waals surface area contributed by atoms with Crippen LogP contribution in [0.5, 0.6) is 5.75 Å². The minimum atomic E-state index is -3.80. The van der Waals surface area contributed by atoms with Gasteiger partial charge in [0, 0.05) is 11.6 Å². The maximum atomic E-state index is 12.9. The van der Waals surface area contributed by atoms with Gasteiger partial charge in [0.05, 0.1) is 13.2 Å². The normalized spacial score (nSPS) is 15.3. The molecular formula is C21H26N2O4S. The Kier molecular flexibility index (Phi) is 6.05. The number of carbonyl (C=O) groups is 1. The van der Waals surface area contributed by atoms with Crippen molar-refractivity contribution in [2.75, 3.05) is 7.11 Å². The summed E-state index contributed by atoms with van der Waals surface area (Å²) < 4.78 is 33.0. The second-order valence-corrected chi connectivity index (χ2v) is 9.02. The highest BCUT2D eigenvalue weighted by Gasteiger charge is 2.33. The second-order valence-electron chi connectivity index (χ2n) is 7.34. The summed E-state index contributed by atoms with van der Waals surface area (Å²) >= 11 is 0. The smallest absolute Gasteiger partial charge is 0.251 e. The number of nitrogens with one attached hydrogen (secondary N) is 2. The molecule has 1 atom stereocenters. The Labute approximate surface area is 166 Å². The van der Waals surface area contributed by atoms with Gasteiger partial charge >= 0.3 is 0 Å². The van der Waals surface area contributed by atoms with Gasteiger partial charge in [0.15, 0.2) is 0 Å². The van der Waals surface area contributed by atoms with Gasteiger partial charge < -0.3 is 10.1 Å². The number of hydrogen-bond donors (Lipinski definition) is 2. The molecule has 2 N–H and O–H groups in total. The molecule has 0 heterocycles. The molecule has 0 radical (unpaired) electrons. The largest absolute Gasteiger partial charge is 0.495 e. The van der Waals surface area contributed by atoms with Gasteiger partial charge in [0.2, 0.25) is 10.0 Å². The third-order valence-electron chi connectivity index (χ3n) is 4.64. The lowest BCUT2D eigenvalue weighted by Gasteiger charge is -2.19. The second kappa shape index (κ2) is 8.32. The van der Waals surface area contributed by atoms with Crippen molar-refractivity contribution in [3.05, 3.63) is 59.7 Å². The van der Waals surface area contributed by atoms with E-state index in [-0.39, 0.29) is 34.2 Å². The Morgan fingerprint density at radius 1 is 1.11 bits per heavy atom. The van der Waals surface area contributed by atoms with Crippen LogP contribution in [0.3, 0.4) is 0 Å². The van der Waals surface area contributed by atoms with E-state index in [1.807, 2.05) is 30.3 Å². The van der Waals surface area contributed by atoms with Gasteiger partial charge in [-0.25, -0.2) is 13.1 Å². The highest BCUT2D eigenvalue weighted by Crippen LogP contribution is 2.41. The average Bonchev–Trinajstić information content (AvgIpc) is 3.50. The summed E-state index contributed by atoms with van der Waals surface area (Å²) in [6, 6.07) is 14.0. The summed E-state index contributed by atoms with van der Waals surface area (Å²) in [5.74, 6) is 0.311. The first-order valence-corrected chi connectivity index (χ1v) is 10.9. The van der Waals surface area contributed by atoms with Crippen molar-refractivity contribution in [1.29, 1.82) is 0 Å². The summed E-state index contributed by atoms with van der Waals surface area (Å²) in [7, 11) is -2.39. The standard InChI is InChI=1S/C21H26N2O4S/c1-14(2)23-28(25,26)19-13-17(11-12-18(19)27-3)21(24)22-20(16-9-10-16)15-7-5-4-6-8-15/h4-8,11-14,16,20,23H,9-10H2,1-3H3,(H,22,24). The summed E-state index contributed by atoms with van der Waals surface area (Å²) in [6.45, 7) is 3.47. The van der Waals surface area contributed by atoms with E-state index in [9.17, 15) is 13.2 Å². The molecule has 7 heteroatoms. The van der Waals surface area contributed by atoms with E-state index in [1.165, 1.54) is 19.2 Å². The Bertz CT molecular complexity index is 938. The molecule has 1 unspecified atom stereocenters. The Hall–Kier alpha value is -2.38. The summed E-state index contributed by atoms with van der Waals surface area (Å²) in [4.78, 5) is 12.9. The molecule has 0 spiro atoms. The molecule has 28 heavy (non-hydrogen) atoms. The summed E-state index contributed by atoms with van der Waals surface area (Å²) in [5, 5.41) is 3.07. The molecule has 1 fully saturated rings. The number of carbonyl (C=O) groups excluding carboxylic acids is 1. The zero-order valence-corrected chi connectivity index (χ0v) is 17.1. The molecule has 2 aromatic carbocycles. The lowest BCUT2D eigenvalue weighted by atomic mass is 10.0. The molecule has 1 aliphatic rings. The monoisotopic (exact) mass is 402 g/mol. The summed E-state index contributed by atoms with van der Waals surface area (Å²) in [6.07, 6.45) is 2.14. The van der Waals surface area contributed by atoms with E-state index < -0.39 is 10.0 Å². The van der Waals surface area contributed by atoms with Gasteiger partial charge in [0.25, 0.3) is 5.91 Å². The van der Waals surface area contributed by atoms with Crippen LogP contribution in [0.25, 0.3) is 0 Å². The molecular weight excluding hydrogens is 376 g/mol. The number of rotatable bonds is 8. The maximum Gasteiger partial charge on any atom is 0.251 e. The van der Waals surface area contributed by atoms with Crippen LogP contribution in [0.2, 0.25) is 0 Å². The lowest BCUT2D eigenvalue weighted by molar-refractivity contribution is 0.0931. The fourth-order valence-corrected chi connectivity index (χ4v) is 4.64. The first kappa shape index (κ1) is 20.4. The number of amides is 1. The van der Waals surface area contributed by atoms with Gasteiger partial charge in [-0.2, -0.15) is 0 Å². The van der Waals surface area contributed by atoms with Crippen molar-refractivity contribution in [3.63, 3.8) is 0 Å². The fourth-order valence-electron chi connectivity index (χ4n) is 3.19. The van der Waals surface area contributed by atoms with Crippen LogP contribution in [-0.4, -0.2) is 27.5 Å². The van der Waals surface area contributed by atoms with E-state index in [0.29, 0.717) is 5.92 Å². The molecule has 3 rings (SSSR count). The molecule has 1 aliphatic carbocycles. The Morgan fingerprint density at radius 2 is 1.79 bits per heavy atom. The van der Waals surface area contributed by atoms with Crippen LogP contribution >= 0.6 is 0 Å². The zero-order valence-electron chi connectivity index (χ0n) is 16.3. The molecule has 150 valence electrons. The van der Waals surface area contributed by atoms with Crippen molar-refractivity contribution < 1.29 is 17.9 Å². The van der Waals surface area contributed by atoms with Gasteiger partial charge in [0.1, 0.15) is 10.6 Å². The van der Waals surface area contributed by atoms with Crippen LogP contribution in [-0.2, 0) is 10.0 Å².